The minimum absolute atomic E-state index is 0.320. The quantitative estimate of drug-likeness (QED) is 0.785. The standard InChI is InChI=1S/C20H23NO2/c1-14-13-17(20(22)23)9-12-19(14)21-18-10-7-16(8-11-18)15-5-3-2-4-6-15/h7-13,15,21H,2-6H2,1H3,(H,22,23). The molecule has 1 aliphatic carbocycles. The molecular weight excluding hydrogens is 286 g/mol. The van der Waals surface area contributed by atoms with Crippen LogP contribution in [0.15, 0.2) is 42.5 Å². The van der Waals surface area contributed by atoms with Gasteiger partial charge in [0, 0.05) is 11.4 Å². The molecule has 23 heavy (non-hydrogen) atoms. The highest BCUT2D eigenvalue weighted by Gasteiger charge is 2.15. The van der Waals surface area contributed by atoms with E-state index in [9.17, 15) is 4.79 Å². The van der Waals surface area contributed by atoms with Gasteiger partial charge in [-0.05, 0) is 67.1 Å². The molecule has 0 radical (unpaired) electrons. The van der Waals surface area contributed by atoms with Crippen molar-refractivity contribution in [2.24, 2.45) is 0 Å². The molecule has 3 rings (SSSR count). The molecule has 0 spiro atoms. The fraction of sp³-hybridized carbons (Fsp3) is 0.350. The molecule has 0 amide bonds. The molecule has 2 N–H and O–H groups in total. The summed E-state index contributed by atoms with van der Waals surface area (Å²) in [5, 5.41) is 12.4. The van der Waals surface area contributed by atoms with Crippen LogP contribution in [0, 0.1) is 6.92 Å². The number of hydrogen-bond donors (Lipinski definition) is 2. The summed E-state index contributed by atoms with van der Waals surface area (Å²) >= 11 is 0. The smallest absolute Gasteiger partial charge is 0.335 e. The van der Waals surface area contributed by atoms with Gasteiger partial charge in [0.2, 0.25) is 0 Å². The van der Waals surface area contributed by atoms with Crippen LogP contribution in [0.4, 0.5) is 11.4 Å². The second kappa shape index (κ2) is 6.86. The molecule has 2 aromatic rings. The van der Waals surface area contributed by atoms with Gasteiger partial charge in [0.25, 0.3) is 0 Å². The molecule has 0 aromatic heterocycles. The van der Waals surface area contributed by atoms with E-state index in [1.165, 1.54) is 37.7 Å². The maximum Gasteiger partial charge on any atom is 0.335 e. The van der Waals surface area contributed by atoms with E-state index in [1.54, 1.807) is 12.1 Å². The van der Waals surface area contributed by atoms with Crippen molar-refractivity contribution in [3.05, 3.63) is 59.2 Å². The first-order valence-corrected chi connectivity index (χ1v) is 8.34. The van der Waals surface area contributed by atoms with E-state index in [1.807, 2.05) is 13.0 Å². The first-order chi connectivity index (χ1) is 11.1. The van der Waals surface area contributed by atoms with Crippen LogP contribution >= 0.6 is 0 Å². The van der Waals surface area contributed by atoms with Gasteiger partial charge in [-0.15, -0.1) is 0 Å². The molecule has 3 nitrogen and oxygen atoms in total. The van der Waals surface area contributed by atoms with E-state index < -0.39 is 5.97 Å². The van der Waals surface area contributed by atoms with E-state index in [4.69, 9.17) is 5.11 Å². The molecular formula is C20H23NO2. The zero-order valence-corrected chi connectivity index (χ0v) is 13.5. The minimum atomic E-state index is -0.892. The number of carboxylic acids is 1. The first-order valence-electron chi connectivity index (χ1n) is 8.34. The number of aromatic carboxylic acids is 1. The number of rotatable bonds is 4. The van der Waals surface area contributed by atoms with Crippen molar-refractivity contribution in [1.29, 1.82) is 0 Å². The van der Waals surface area contributed by atoms with Gasteiger partial charge < -0.3 is 10.4 Å². The Morgan fingerprint density at radius 1 is 1.04 bits per heavy atom. The summed E-state index contributed by atoms with van der Waals surface area (Å²) in [5.41, 5.74) is 4.67. The normalized spacial score (nSPS) is 15.3. The number of carboxylic acid groups (broad SMARTS) is 1. The Morgan fingerprint density at radius 2 is 1.74 bits per heavy atom. The van der Waals surface area contributed by atoms with Gasteiger partial charge >= 0.3 is 5.97 Å². The van der Waals surface area contributed by atoms with E-state index >= 15 is 0 Å². The predicted octanol–water partition coefficient (Wildman–Crippen LogP) is 5.48. The molecule has 1 fully saturated rings. The maximum atomic E-state index is 11.0. The third kappa shape index (κ3) is 3.73. The first kappa shape index (κ1) is 15.6. The van der Waals surface area contributed by atoms with Gasteiger partial charge in [-0.25, -0.2) is 4.79 Å². The molecule has 0 saturated heterocycles. The van der Waals surface area contributed by atoms with Gasteiger partial charge in [0.15, 0.2) is 0 Å². The fourth-order valence-corrected chi connectivity index (χ4v) is 3.37. The summed E-state index contributed by atoms with van der Waals surface area (Å²) in [7, 11) is 0. The molecule has 1 saturated carbocycles. The molecule has 0 heterocycles. The van der Waals surface area contributed by atoms with Crippen LogP contribution in [0.5, 0.6) is 0 Å². The van der Waals surface area contributed by atoms with Gasteiger partial charge in [0.05, 0.1) is 5.56 Å². The Bertz CT molecular complexity index is 685. The highest BCUT2D eigenvalue weighted by atomic mass is 16.4. The predicted molar refractivity (Wildman–Crippen MR) is 93.7 cm³/mol. The lowest BCUT2D eigenvalue weighted by atomic mass is 9.84. The Morgan fingerprint density at radius 3 is 2.35 bits per heavy atom. The summed E-state index contributed by atoms with van der Waals surface area (Å²) in [4.78, 5) is 11.0. The van der Waals surface area contributed by atoms with Crippen molar-refractivity contribution in [3.63, 3.8) is 0 Å². The summed E-state index contributed by atoms with van der Waals surface area (Å²) < 4.78 is 0. The van der Waals surface area contributed by atoms with Crippen LogP contribution in [0.25, 0.3) is 0 Å². The number of anilines is 2. The lowest BCUT2D eigenvalue weighted by Crippen LogP contribution is -2.04. The SMILES string of the molecule is Cc1cc(C(=O)O)ccc1Nc1ccc(C2CCCCC2)cc1. The van der Waals surface area contributed by atoms with Gasteiger partial charge in [-0.3, -0.25) is 0 Å². The van der Waals surface area contributed by atoms with E-state index in [-0.39, 0.29) is 0 Å². The zero-order valence-electron chi connectivity index (χ0n) is 13.5. The molecule has 0 bridgehead atoms. The van der Waals surface area contributed by atoms with Crippen LogP contribution in [0.3, 0.4) is 0 Å². The minimum Gasteiger partial charge on any atom is -0.478 e. The van der Waals surface area contributed by atoms with Crippen molar-refractivity contribution in [3.8, 4) is 0 Å². The van der Waals surface area contributed by atoms with Crippen molar-refractivity contribution in [1.82, 2.24) is 0 Å². The second-order valence-corrected chi connectivity index (χ2v) is 6.42. The Balaban J connectivity index is 1.72. The van der Waals surface area contributed by atoms with Gasteiger partial charge in [-0.2, -0.15) is 0 Å². The van der Waals surface area contributed by atoms with Crippen LogP contribution in [0.1, 0.15) is 59.5 Å². The van der Waals surface area contributed by atoms with Crippen LogP contribution in [-0.2, 0) is 0 Å². The lowest BCUT2D eigenvalue weighted by Gasteiger charge is -2.22. The van der Waals surface area contributed by atoms with Crippen molar-refractivity contribution in [2.45, 2.75) is 44.9 Å². The molecule has 0 aliphatic heterocycles. The van der Waals surface area contributed by atoms with E-state index in [0.717, 1.165) is 22.9 Å². The largest absolute Gasteiger partial charge is 0.478 e. The van der Waals surface area contributed by atoms with E-state index in [2.05, 4.69) is 29.6 Å². The number of benzene rings is 2. The number of nitrogens with one attached hydrogen (secondary N) is 1. The van der Waals surface area contributed by atoms with Crippen LogP contribution < -0.4 is 5.32 Å². The molecule has 1 aliphatic rings. The van der Waals surface area contributed by atoms with Crippen molar-refractivity contribution < 1.29 is 9.90 Å². The Hall–Kier alpha value is -2.29. The Labute approximate surface area is 137 Å². The summed E-state index contributed by atoms with van der Waals surface area (Å²) in [5.74, 6) is -0.175. The van der Waals surface area contributed by atoms with Gasteiger partial charge in [-0.1, -0.05) is 31.4 Å². The van der Waals surface area contributed by atoms with Crippen molar-refractivity contribution in [2.75, 3.05) is 5.32 Å². The monoisotopic (exact) mass is 309 g/mol. The third-order valence-corrected chi connectivity index (χ3v) is 4.74. The van der Waals surface area contributed by atoms with Crippen molar-refractivity contribution >= 4 is 17.3 Å². The average molecular weight is 309 g/mol. The summed E-state index contributed by atoms with van der Waals surface area (Å²) in [6.07, 6.45) is 6.69. The molecule has 0 unspecified atom stereocenters. The molecule has 0 atom stereocenters. The molecule has 2 aromatic carbocycles. The zero-order chi connectivity index (χ0) is 16.2. The molecule has 120 valence electrons. The van der Waals surface area contributed by atoms with Crippen LogP contribution in [0.2, 0.25) is 0 Å². The van der Waals surface area contributed by atoms with Gasteiger partial charge in [0.1, 0.15) is 0 Å². The third-order valence-electron chi connectivity index (χ3n) is 4.74. The topological polar surface area (TPSA) is 49.3 Å². The fourth-order valence-electron chi connectivity index (χ4n) is 3.37. The highest BCUT2D eigenvalue weighted by Crippen LogP contribution is 2.33. The number of carbonyl (C=O) groups is 1. The van der Waals surface area contributed by atoms with E-state index in [0.29, 0.717) is 5.56 Å². The Kier molecular flexibility index (Phi) is 4.65. The summed E-state index contributed by atoms with van der Waals surface area (Å²) in [6.45, 7) is 1.92. The molecule has 3 heteroatoms. The van der Waals surface area contributed by atoms with Crippen LogP contribution in [-0.4, -0.2) is 11.1 Å². The lowest BCUT2D eigenvalue weighted by molar-refractivity contribution is 0.0697. The highest BCUT2D eigenvalue weighted by molar-refractivity contribution is 5.88. The number of hydrogen-bond acceptors (Lipinski definition) is 2. The average Bonchev–Trinajstić information content (AvgIpc) is 2.58. The maximum absolute atomic E-state index is 11.0. The number of aryl methyl sites for hydroxylation is 1. The summed E-state index contributed by atoms with van der Waals surface area (Å²) in [6, 6.07) is 13.8. The second-order valence-electron chi connectivity index (χ2n) is 6.42.